The van der Waals surface area contributed by atoms with Crippen molar-refractivity contribution in [2.24, 2.45) is 0 Å². The summed E-state index contributed by atoms with van der Waals surface area (Å²) in [5, 5.41) is 16.7. The molecule has 0 amide bonds. The monoisotopic (exact) mass is 538 g/mol. The summed E-state index contributed by atoms with van der Waals surface area (Å²) in [6, 6.07) is 44.2. The van der Waals surface area contributed by atoms with Crippen molar-refractivity contribution in [1.82, 2.24) is 4.98 Å². The number of aromatic nitrogens is 1. The molecule has 200 valence electrons. The molecule has 42 heavy (non-hydrogen) atoms. The zero-order valence-electron chi connectivity index (χ0n) is 23.6. The maximum Gasteiger partial charge on any atom is 0.101 e. The van der Waals surface area contributed by atoms with Crippen LogP contribution >= 0.6 is 0 Å². The first kappa shape index (κ1) is 25.7. The second kappa shape index (κ2) is 11.0. The van der Waals surface area contributed by atoms with E-state index in [2.05, 4.69) is 127 Å². The van der Waals surface area contributed by atoms with E-state index in [1.54, 1.807) is 6.20 Å². The number of benzene rings is 6. The molecule has 1 heterocycles. The van der Waals surface area contributed by atoms with E-state index in [0.717, 1.165) is 22.9 Å². The molecule has 2 nitrogen and oxygen atoms in total. The molecule has 2 heteroatoms. The van der Waals surface area contributed by atoms with E-state index in [9.17, 15) is 5.26 Å². The lowest BCUT2D eigenvalue weighted by molar-refractivity contribution is 0.795. The maximum absolute atomic E-state index is 9.30. The molecule has 0 atom stereocenters. The Labute approximate surface area is 246 Å². The second-order valence-corrected chi connectivity index (χ2v) is 11.0. The fourth-order valence-electron chi connectivity index (χ4n) is 6.21. The minimum Gasteiger partial charge on any atom is -0.263 e. The van der Waals surface area contributed by atoms with Gasteiger partial charge >= 0.3 is 0 Å². The van der Waals surface area contributed by atoms with Gasteiger partial charge in [-0.05, 0) is 96.7 Å². The number of nitriles is 1. The Morgan fingerprint density at radius 2 is 1.12 bits per heavy atom. The third kappa shape index (κ3) is 4.60. The summed E-state index contributed by atoms with van der Waals surface area (Å²) in [4.78, 5) is 4.25. The number of unbranched alkanes of at least 4 members (excludes halogenated alkanes) is 1. The van der Waals surface area contributed by atoms with E-state index in [-0.39, 0.29) is 0 Å². The minimum absolute atomic E-state index is 0.567. The van der Waals surface area contributed by atoms with E-state index in [0.29, 0.717) is 5.56 Å². The van der Waals surface area contributed by atoms with Crippen molar-refractivity contribution in [2.45, 2.75) is 26.2 Å². The molecule has 0 aliphatic carbocycles. The van der Waals surface area contributed by atoms with Crippen LogP contribution in [-0.4, -0.2) is 4.98 Å². The summed E-state index contributed by atoms with van der Waals surface area (Å²) in [6.07, 6.45) is 6.97. The van der Waals surface area contributed by atoms with Crippen molar-refractivity contribution in [2.75, 3.05) is 0 Å². The van der Waals surface area contributed by atoms with Gasteiger partial charge in [0, 0.05) is 18.0 Å². The van der Waals surface area contributed by atoms with Crippen molar-refractivity contribution in [3.05, 3.63) is 139 Å². The Morgan fingerprint density at radius 3 is 1.71 bits per heavy atom. The lowest BCUT2D eigenvalue weighted by Gasteiger charge is -2.18. The van der Waals surface area contributed by atoms with Gasteiger partial charge < -0.3 is 0 Å². The maximum atomic E-state index is 9.30. The molecule has 0 N–H and O–H groups in total. The van der Waals surface area contributed by atoms with E-state index >= 15 is 0 Å². The minimum atomic E-state index is 0.567. The van der Waals surface area contributed by atoms with Crippen molar-refractivity contribution in [3.8, 4) is 39.4 Å². The Bertz CT molecular complexity index is 2070. The van der Waals surface area contributed by atoms with Crippen LogP contribution in [0.3, 0.4) is 0 Å². The van der Waals surface area contributed by atoms with E-state index < -0.39 is 0 Å². The molecule has 0 saturated carbocycles. The molecule has 6 aromatic carbocycles. The molecule has 1 aromatic heterocycles. The van der Waals surface area contributed by atoms with Crippen LogP contribution in [0.25, 0.3) is 65.7 Å². The number of rotatable bonds is 6. The standard InChI is InChI=1S/C40H30N2/c1-2-3-8-27-13-15-29(16-14-27)39-35-9-4-6-11-37(35)40(38-12-7-5-10-36(38)39)33-20-19-30-22-32(18-17-31(30)23-33)34-21-28(24-41)25-42-26-34/h4-7,9-23,25-26H,2-3,8H2,1H3. The first-order valence-electron chi connectivity index (χ1n) is 14.7. The van der Waals surface area contributed by atoms with Gasteiger partial charge in [-0.25, -0.2) is 0 Å². The van der Waals surface area contributed by atoms with Crippen LogP contribution < -0.4 is 0 Å². The number of pyridine rings is 1. The smallest absolute Gasteiger partial charge is 0.101 e. The van der Waals surface area contributed by atoms with Crippen LogP contribution in [0.4, 0.5) is 0 Å². The molecule has 0 spiro atoms. The van der Waals surface area contributed by atoms with Crippen LogP contribution in [0.2, 0.25) is 0 Å². The first-order chi connectivity index (χ1) is 20.7. The SMILES string of the molecule is CCCCc1ccc(-c2c3ccccc3c(-c3ccc4cc(-c5cncc(C#N)c5)ccc4c3)c3ccccc23)cc1. The van der Waals surface area contributed by atoms with E-state index in [4.69, 9.17) is 0 Å². The van der Waals surface area contributed by atoms with Gasteiger partial charge in [0.25, 0.3) is 0 Å². The number of hydrogen-bond acceptors (Lipinski definition) is 2. The van der Waals surface area contributed by atoms with Crippen molar-refractivity contribution < 1.29 is 0 Å². The van der Waals surface area contributed by atoms with Crippen molar-refractivity contribution in [1.29, 1.82) is 5.26 Å². The quantitative estimate of drug-likeness (QED) is 0.197. The summed E-state index contributed by atoms with van der Waals surface area (Å²) < 4.78 is 0. The molecule has 0 aliphatic rings. The third-order valence-corrected chi connectivity index (χ3v) is 8.32. The number of nitrogens with zero attached hydrogens (tertiary/aromatic N) is 2. The number of hydrogen-bond donors (Lipinski definition) is 0. The van der Waals surface area contributed by atoms with Gasteiger partial charge in [0.1, 0.15) is 6.07 Å². The summed E-state index contributed by atoms with van der Waals surface area (Å²) in [6.45, 7) is 2.25. The van der Waals surface area contributed by atoms with E-state index in [1.807, 2.05) is 12.3 Å². The predicted molar refractivity (Wildman–Crippen MR) is 176 cm³/mol. The normalized spacial score (nSPS) is 11.2. The van der Waals surface area contributed by atoms with Crippen LogP contribution in [-0.2, 0) is 6.42 Å². The van der Waals surface area contributed by atoms with Gasteiger partial charge in [-0.15, -0.1) is 0 Å². The molecule has 0 saturated heterocycles. The zero-order chi connectivity index (χ0) is 28.5. The molecule has 7 aromatic rings. The molecular weight excluding hydrogens is 508 g/mol. The highest BCUT2D eigenvalue weighted by atomic mass is 14.6. The summed E-state index contributed by atoms with van der Waals surface area (Å²) >= 11 is 0. The van der Waals surface area contributed by atoms with Gasteiger partial charge in [-0.2, -0.15) is 5.26 Å². The summed E-state index contributed by atoms with van der Waals surface area (Å²) in [7, 11) is 0. The highest BCUT2D eigenvalue weighted by molar-refractivity contribution is 6.21. The Morgan fingerprint density at radius 1 is 0.571 bits per heavy atom. The average Bonchev–Trinajstić information content (AvgIpc) is 3.06. The van der Waals surface area contributed by atoms with Gasteiger partial charge in [-0.1, -0.05) is 110 Å². The van der Waals surface area contributed by atoms with Gasteiger partial charge in [-0.3, -0.25) is 4.98 Å². The number of fused-ring (bicyclic) bond motifs is 3. The topological polar surface area (TPSA) is 36.7 Å². The fraction of sp³-hybridized carbons (Fsp3) is 0.100. The van der Waals surface area contributed by atoms with Crippen LogP contribution in [0, 0.1) is 11.3 Å². The Kier molecular flexibility index (Phi) is 6.70. The van der Waals surface area contributed by atoms with Crippen molar-refractivity contribution in [3.63, 3.8) is 0 Å². The Balaban J connectivity index is 1.39. The summed E-state index contributed by atoms with van der Waals surface area (Å²) in [5.74, 6) is 0. The van der Waals surface area contributed by atoms with E-state index in [1.165, 1.54) is 67.6 Å². The number of aryl methyl sites for hydroxylation is 1. The van der Waals surface area contributed by atoms with Crippen molar-refractivity contribution >= 4 is 32.3 Å². The largest absolute Gasteiger partial charge is 0.263 e. The fourth-order valence-corrected chi connectivity index (χ4v) is 6.21. The predicted octanol–water partition coefficient (Wildman–Crippen LogP) is 10.8. The third-order valence-electron chi connectivity index (χ3n) is 8.32. The average molecular weight is 539 g/mol. The lowest BCUT2D eigenvalue weighted by Crippen LogP contribution is -1.91. The molecule has 0 unspecified atom stereocenters. The highest BCUT2D eigenvalue weighted by Gasteiger charge is 2.17. The lowest BCUT2D eigenvalue weighted by atomic mass is 9.85. The molecular formula is C40H30N2. The highest BCUT2D eigenvalue weighted by Crippen LogP contribution is 2.44. The Hall–Kier alpha value is -5.26. The summed E-state index contributed by atoms with van der Waals surface area (Å²) in [5.41, 5.74) is 9.00. The molecule has 0 fully saturated rings. The molecule has 0 aliphatic heterocycles. The zero-order valence-corrected chi connectivity index (χ0v) is 23.6. The second-order valence-electron chi connectivity index (χ2n) is 11.0. The van der Waals surface area contributed by atoms with Gasteiger partial charge in [0.2, 0.25) is 0 Å². The molecule has 7 rings (SSSR count). The first-order valence-corrected chi connectivity index (χ1v) is 14.7. The van der Waals surface area contributed by atoms with Crippen LogP contribution in [0.1, 0.15) is 30.9 Å². The molecule has 0 radical (unpaired) electrons. The van der Waals surface area contributed by atoms with Crippen LogP contribution in [0.15, 0.2) is 128 Å². The van der Waals surface area contributed by atoms with Gasteiger partial charge in [0.05, 0.1) is 5.56 Å². The van der Waals surface area contributed by atoms with Crippen LogP contribution in [0.5, 0.6) is 0 Å². The molecule has 0 bridgehead atoms. The van der Waals surface area contributed by atoms with Gasteiger partial charge in [0.15, 0.2) is 0 Å².